The molecule has 43 heavy (non-hydrogen) atoms. The molecule has 8 rings (SSSR count). The van der Waals surface area contributed by atoms with Gasteiger partial charge < -0.3 is 4.90 Å². The quantitative estimate of drug-likeness (QED) is 0.194. The molecule has 0 amide bonds. The Balaban J connectivity index is 1.24. The largest absolute Gasteiger partial charge is 0.310 e. The van der Waals surface area contributed by atoms with E-state index in [1.54, 1.807) is 0 Å². The molecule has 0 N–H and O–H groups in total. The molecule has 0 radical (unpaired) electrons. The van der Waals surface area contributed by atoms with Gasteiger partial charge in [0.05, 0.1) is 0 Å². The molecule has 0 aromatic heterocycles. The minimum atomic E-state index is 1.13. The molecule has 0 aliphatic rings. The van der Waals surface area contributed by atoms with E-state index in [9.17, 15) is 0 Å². The Labute approximate surface area is 251 Å². The van der Waals surface area contributed by atoms with E-state index < -0.39 is 0 Å². The van der Waals surface area contributed by atoms with Crippen molar-refractivity contribution in [1.29, 1.82) is 0 Å². The highest BCUT2D eigenvalue weighted by molar-refractivity contribution is 6.20. The Hall–Kier alpha value is -5.66. The van der Waals surface area contributed by atoms with Crippen molar-refractivity contribution in [1.82, 2.24) is 0 Å². The van der Waals surface area contributed by atoms with Crippen molar-refractivity contribution in [3.63, 3.8) is 0 Å². The fourth-order valence-electron chi connectivity index (χ4n) is 6.30. The number of para-hydroxylation sites is 1. The fourth-order valence-corrected chi connectivity index (χ4v) is 6.30. The second-order valence-corrected chi connectivity index (χ2v) is 11.0. The summed E-state index contributed by atoms with van der Waals surface area (Å²) in [6, 6.07) is 63.4. The topological polar surface area (TPSA) is 3.24 Å². The van der Waals surface area contributed by atoms with Crippen LogP contribution in [0, 0.1) is 0 Å². The van der Waals surface area contributed by atoms with Crippen LogP contribution >= 0.6 is 0 Å². The minimum absolute atomic E-state index is 1.13. The summed E-state index contributed by atoms with van der Waals surface area (Å²) in [7, 11) is 0. The van der Waals surface area contributed by atoms with Crippen LogP contribution in [0.2, 0.25) is 0 Å². The van der Waals surface area contributed by atoms with Gasteiger partial charge in [0, 0.05) is 17.1 Å². The van der Waals surface area contributed by atoms with E-state index in [0.29, 0.717) is 0 Å². The van der Waals surface area contributed by atoms with Gasteiger partial charge in [0.1, 0.15) is 0 Å². The Morgan fingerprint density at radius 2 is 0.814 bits per heavy atom. The number of hydrogen-bond acceptors (Lipinski definition) is 1. The first-order chi connectivity index (χ1) is 21.3. The van der Waals surface area contributed by atoms with Gasteiger partial charge in [-0.15, -0.1) is 0 Å². The maximum atomic E-state index is 2.36. The van der Waals surface area contributed by atoms with Crippen molar-refractivity contribution in [2.75, 3.05) is 4.90 Å². The van der Waals surface area contributed by atoms with Crippen LogP contribution in [0.15, 0.2) is 176 Å². The highest BCUT2D eigenvalue weighted by atomic mass is 15.1. The second kappa shape index (κ2) is 10.6. The summed E-state index contributed by atoms with van der Waals surface area (Å²) in [4.78, 5) is 2.36. The molecular weight excluding hydrogens is 518 g/mol. The van der Waals surface area contributed by atoms with Crippen LogP contribution in [0.25, 0.3) is 54.6 Å². The third kappa shape index (κ3) is 4.62. The van der Waals surface area contributed by atoms with Gasteiger partial charge in [-0.25, -0.2) is 0 Å². The van der Waals surface area contributed by atoms with E-state index in [-0.39, 0.29) is 0 Å². The van der Waals surface area contributed by atoms with E-state index in [4.69, 9.17) is 0 Å². The molecule has 0 aliphatic heterocycles. The summed E-state index contributed by atoms with van der Waals surface area (Å²) in [5.74, 6) is 0. The molecule has 0 saturated carbocycles. The lowest BCUT2D eigenvalue weighted by atomic mass is 9.96. The highest BCUT2D eigenvalue weighted by Gasteiger charge is 2.15. The van der Waals surface area contributed by atoms with Crippen molar-refractivity contribution < 1.29 is 0 Å². The maximum Gasteiger partial charge on any atom is 0.0468 e. The third-order valence-corrected chi connectivity index (χ3v) is 8.41. The average Bonchev–Trinajstić information content (AvgIpc) is 3.09. The SMILES string of the molecule is c1ccc(-c2ccc(-c3cccc(N(c4ccccc4)c4ccc5c(ccc6ccc7ccccc7c65)c4)c3)cc2)cc1. The van der Waals surface area contributed by atoms with E-state index in [1.165, 1.54) is 54.6 Å². The third-order valence-electron chi connectivity index (χ3n) is 8.41. The lowest BCUT2D eigenvalue weighted by Crippen LogP contribution is -2.09. The van der Waals surface area contributed by atoms with Gasteiger partial charge in [-0.1, -0.05) is 140 Å². The zero-order valence-electron chi connectivity index (χ0n) is 23.7. The first-order valence-electron chi connectivity index (χ1n) is 14.8. The fraction of sp³-hybridized carbons (Fsp3) is 0. The van der Waals surface area contributed by atoms with E-state index in [0.717, 1.165) is 17.1 Å². The predicted molar refractivity (Wildman–Crippen MR) is 185 cm³/mol. The van der Waals surface area contributed by atoms with Gasteiger partial charge in [0.2, 0.25) is 0 Å². The lowest BCUT2D eigenvalue weighted by molar-refractivity contribution is 1.29. The van der Waals surface area contributed by atoms with Crippen molar-refractivity contribution in [3.05, 3.63) is 176 Å². The molecule has 0 fully saturated rings. The second-order valence-electron chi connectivity index (χ2n) is 11.0. The number of anilines is 3. The summed E-state index contributed by atoms with van der Waals surface area (Å²) < 4.78 is 0. The number of hydrogen-bond donors (Lipinski definition) is 0. The number of benzene rings is 8. The molecule has 8 aromatic rings. The van der Waals surface area contributed by atoms with E-state index >= 15 is 0 Å². The molecule has 1 heteroatoms. The summed E-state index contributed by atoms with van der Waals surface area (Å²) in [6.07, 6.45) is 0. The summed E-state index contributed by atoms with van der Waals surface area (Å²) >= 11 is 0. The standard InChI is InChI=1S/C42H29N/c1-3-10-30(11-4-1)31-18-20-32(21-19-31)35-13-9-16-38(28-35)43(37-14-5-2-6-15-37)39-26-27-41-36(29-39)25-24-34-23-22-33-12-7-8-17-40(33)42(34)41/h1-29H. The number of rotatable bonds is 5. The molecule has 0 saturated heterocycles. The Kier molecular flexibility index (Phi) is 6.20. The summed E-state index contributed by atoms with van der Waals surface area (Å²) in [5, 5.41) is 7.66. The van der Waals surface area contributed by atoms with Crippen molar-refractivity contribution in [2.24, 2.45) is 0 Å². The van der Waals surface area contributed by atoms with Gasteiger partial charge in [-0.2, -0.15) is 0 Å². The molecule has 202 valence electrons. The molecule has 0 heterocycles. The molecular formula is C42H29N. The van der Waals surface area contributed by atoms with E-state index in [2.05, 4.69) is 181 Å². The zero-order chi connectivity index (χ0) is 28.6. The molecule has 0 aliphatic carbocycles. The van der Waals surface area contributed by atoms with Gasteiger partial charge in [-0.05, 0) is 91.0 Å². The minimum Gasteiger partial charge on any atom is -0.310 e. The molecule has 8 aromatic carbocycles. The summed E-state index contributed by atoms with van der Waals surface area (Å²) in [5.41, 5.74) is 8.24. The number of fused-ring (bicyclic) bond motifs is 5. The normalized spacial score (nSPS) is 11.3. The molecule has 0 spiro atoms. The van der Waals surface area contributed by atoms with Crippen LogP contribution in [-0.4, -0.2) is 0 Å². The molecule has 0 unspecified atom stereocenters. The van der Waals surface area contributed by atoms with Crippen LogP contribution in [0.3, 0.4) is 0 Å². The Morgan fingerprint density at radius 1 is 0.279 bits per heavy atom. The molecule has 1 nitrogen and oxygen atoms in total. The predicted octanol–water partition coefficient (Wildman–Crippen LogP) is 11.9. The van der Waals surface area contributed by atoms with Gasteiger partial charge in [0.25, 0.3) is 0 Å². The Bertz CT molecular complexity index is 2220. The van der Waals surface area contributed by atoms with Crippen LogP contribution in [0.5, 0.6) is 0 Å². The van der Waals surface area contributed by atoms with Crippen LogP contribution in [0.4, 0.5) is 17.1 Å². The van der Waals surface area contributed by atoms with Crippen molar-refractivity contribution >= 4 is 49.4 Å². The van der Waals surface area contributed by atoms with Crippen LogP contribution in [0.1, 0.15) is 0 Å². The zero-order valence-corrected chi connectivity index (χ0v) is 23.7. The lowest BCUT2D eigenvalue weighted by Gasteiger charge is -2.26. The number of nitrogens with zero attached hydrogens (tertiary/aromatic N) is 1. The summed E-state index contributed by atoms with van der Waals surface area (Å²) in [6.45, 7) is 0. The van der Waals surface area contributed by atoms with Gasteiger partial charge in [0.15, 0.2) is 0 Å². The van der Waals surface area contributed by atoms with Crippen LogP contribution in [-0.2, 0) is 0 Å². The van der Waals surface area contributed by atoms with Crippen LogP contribution < -0.4 is 4.90 Å². The van der Waals surface area contributed by atoms with E-state index in [1.807, 2.05) is 0 Å². The molecule has 0 atom stereocenters. The van der Waals surface area contributed by atoms with Gasteiger partial charge in [-0.3, -0.25) is 0 Å². The van der Waals surface area contributed by atoms with Crippen molar-refractivity contribution in [3.8, 4) is 22.3 Å². The average molecular weight is 548 g/mol. The smallest absolute Gasteiger partial charge is 0.0468 e. The van der Waals surface area contributed by atoms with Crippen molar-refractivity contribution in [2.45, 2.75) is 0 Å². The molecule has 0 bridgehead atoms. The first-order valence-corrected chi connectivity index (χ1v) is 14.8. The Morgan fingerprint density at radius 3 is 1.60 bits per heavy atom. The maximum absolute atomic E-state index is 2.36. The van der Waals surface area contributed by atoms with Gasteiger partial charge >= 0.3 is 0 Å². The monoisotopic (exact) mass is 547 g/mol. The first kappa shape index (κ1) is 25.1. The highest BCUT2D eigenvalue weighted by Crippen LogP contribution is 2.40.